The van der Waals surface area contributed by atoms with Gasteiger partial charge in [0.15, 0.2) is 0 Å². The van der Waals surface area contributed by atoms with Gasteiger partial charge in [-0.25, -0.2) is 0 Å². The molecule has 0 saturated carbocycles. The van der Waals surface area contributed by atoms with Crippen LogP contribution in [0.4, 0.5) is 0 Å². The molecule has 1 amide bonds. The fourth-order valence-electron chi connectivity index (χ4n) is 4.42. The monoisotopic (exact) mass is 339 g/mol. The summed E-state index contributed by atoms with van der Waals surface area (Å²) in [5.74, 6) is -0.953. The zero-order valence-corrected chi connectivity index (χ0v) is 14.6. The van der Waals surface area contributed by atoms with Crippen molar-refractivity contribution in [3.63, 3.8) is 0 Å². The number of hydrogen-bond donors (Lipinski definition) is 1. The van der Waals surface area contributed by atoms with Gasteiger partial charge < -0.3 is 14.7 Å². The highest BCUT2D eigenvalue weighted by Gasteiger charge is 2.43. The normalized spacial score (nSPS) is 31.4. The highest BCUT2D eigenvalue weighted by molar-refractivity contribution is 5.81. The van der Waals surface area contributed by atoms with Crippen LogP contribution in [0, 0.1) is 0 Å². The Balaban J connectivity index is 1.69. The number of carboxylic acid groups (broad SMARTS) is 1. The van der Waals surface area contributed by atoms with Crippen LogP contribution in [0.3, 0.4) is 0 Å². The van der Waals surface area contributed by atoms with Crippen molar-refractivity contribution in [2.45, 2.75) is 43.7 Å². The molecule has 0 bridgehead atoms. The van der Waals surface area contributed by atoms with Crippen molar-refractivity contribution in [1.82, 2.24) is 14.7 Å². The molecule has 0 radical (unpaired) electrons. The fraction of sp³-hybridized carbons (Fsp3) is 0.882. The lowest BCUT2D eigenvalue weighted by Crippen LogP contribution is -2.63. The smallest absolute Gasteiger partial charge is 0.323 e. The average molecular weight is 339 g/mol. The van der Waals surface area contributed by atoms with Crippen LogP contribution in [0.1, 0.15) is 32.1 Å². The first kappa shape index (κ1) is 17.6. The van der Waals surface area contributed by atoms with Crippen LogP contribution < -0.4 is 0 Å². The van der Waals surface area contributed by atoms with E-state index < -0.39 is 5.97 Å². The molecule has 1 atom stereocenters. The molecule has 3 saturated heterocycles. The minimum atomic E-state index is -0.930. The second kappa shape index (κ2) is 7.37. The number of hydrogen-bond acceptors (Lipinski definition) is 5. The van der Waals surface area contributed by atoms with E-state index in [1.807, 2.05) is 0 Å². The molecule has 0 aromatic heterocycles. The van der Waals surface area contributed by atoms with E-state index in [2.05, 4.69) is 16.8 Å². The largest absolute Gasteiger partial charge is 0.480 e. The summed E-state index contributed by atoms with van der Waals surface area (Å²) in [5, 5.41) is 9.02. The second-order valence-electron chi connectivity index (χ2n) is 7.42. The van der Waals surface area contributed by atoms with Crippen molar-refractivity contribution in [1.29, 1.82) is 0 Å². The molecule has 0 aromatic carbocycles. The topological polar surface area (TPSA) is 73.3 Å². The maximum absolute atomic E-state index is 12.3. The summed E-state index contributed by atoms with van der Waals surface area (Å²) < 4.78 is 5.49. The number of carboxylic acids is 1. The minimum Gasteiger partial charge on any atom is -0.480 e. The number of likely N-dealkylation sites (tertiary alicyclic amines) is 1. The Morgan fingerprint density at radius 1 is 1.25 bits per heavy atom. The second-order valence-corrected chi connectivity index (χ2v) is 7.42. The molecule has 0 aliphatic carbocycles. The van der Waals surface area contributed by atoms with Gasteiger partial charge in [0.25, 0.3) is 0 Å². The van der Waals surface area contributed by atoms with Gasteiger partial charge in [0.1, 0.15) is 6.54 Å². The molecule has 1 N–H and O–H groups in total. The number of rotatable bonds is 3. The van der Waals surface area contributed by atoms with Crippen LogP contribution in [-0.4, -0.2) is 96.2 Å². The number of carbonyl (C=O) groups excluding carboxylic acids is 1. The van der Waals surface area contributed by atoms with E-state index in [0.717, 1.165) is 58.5 Å². The molecule has 1 spiro atoms. The van der Waals surface area contributed by atoms with E-state index in [4.69, 9.17) is 9.84 Å². The van der Waals surface area contributed by atoms with Crippen LogP contribution in [0.15, 0.2) is 0 Å². The van der Waals surface area contributed by atoms with E-state index in [-0.39, 0.29) is 18.0 Å². The molecule has 24 heavy (non-hydrogen) atoms. The summed E-state index contributed by atoms with van der Waals surface area (Å²) >= 11 is 0. The lowest BCUT2D eigenvalue weighted by atomic mass is 9.85. The Bertz CT molecular complexity index is 480. The van der Waals surface area contributed by atoms with Crippen LogP contribution in [0.5, 0.6) is 0 Å². The van der Waals surface area contributed by atoms with Crippen LogP contribution in [0.2, 0.25) is 0 Å². The molecule has 7 heteroatoms. The molecule has 0 aromatic rings. The molecular formula is C17H29N3O4. The zero-order valence-electron chi connectivity index (χ0n) is 14.6. The summed E-state index contributed by atoms with van der Waals surface area (Å²) in [6.07, 6.45) is 4.29. The lowest BCUT2D eigenvalue weighted by molar-refractivity contribution is -0.144. The Kier molecular flexibility index (Phi) is 5.42. The molecule has 3 fully saturated rings. The highest BCUT2D eigenvalue weighted by Crippen LogP contribution is 2.33. The SMILES string of the molecule is CN1CCN(C2CCOCC2)CC12CCC(=O)N(CC(=O)O)CC2. The van der Waals surface area contributed by atoms with Gasteiger partial charge >= 0.3 is 5.97 Å². The van der Waals surface area contributed by atoms with E-state index in [1.165, 1.54) is 4.90 Å². The van der Waals surface area contributed by atoms with Gasteiger partial charge in [0.2, 0.25) is 5.91 Å². The van der Waals surface area contributed by atoms with Crippen LogP contribution in [-0.2, 0) is 14.3 Å². The van der Waals surface area contributed by atoms with Gasteiger partial charge in [0, 0.05) is 57.4 Å². The van der Waals surface area contributed by atoms with Crippen molar-refractivity contribution in [3.8, 4) is 0 Å². The van der Waals surface area contributed by atoms with E-state index in [0.29, 0.717) is 19.0 Å². The first-order chi connectivity index (χ1) is 11.5. The van der Waals surface area contributed by atoms with Crippen LogP contribution in [0.25, 0.3) is 0 Å². The number of aliphatic carboxylic acids is 1. The Morgan fingerprint density at radius 2 is 2.00 bits per heavy atom. The predicted molar refractivity (Wildman–Crippen MR) is 88.8 cm³/mol. The maximum Gasteiger partial charge on any atom is 0.323 e. The number of ether oxygens (including phenoxy) is 1. The van der Waals surface area contributed by atoms with E-state index in [9.17, 15) is 9.59 Å². The van der Waals surface area contributed by atoms with Crippen molar-refractivity contribution in [2.75, 3.05) is 53.0 Å². The molecule has 1 unspecified atom stereocenters. The summed E-state index contributed by atoms with van der Waals surface area (Å²) in [5.41, 5.74) is -0.0144. The van der Waals surface area contributed by atoms with Crippen molar-refractivity contribution in [2.24, 2.45) is 0 Å². The minimum absolute atomic E-state index is 0.0144. The first-order valence-corrected chi connectivity index (χ1v) is 9.03. The molecule has 3 rings (SSSR count). The summed E-state index contributed by atoms with van der Waals surface area (Å²) in [6, 6.07) is 0.582. The first-order valence-electron chi connectivity index (χ1n) is 9.03. The Labute approximate surface area is 143 Å². The number of nitrogens with zero attached hydrogens (tertiary/aromatic N) is 3. The van der Waals surface area contributed by atoms with Gasteiger partial charge in [-0.05, 0) is 32.7 Å². The van der Waals surface area contributed by atoms with Gasteiger partial charge in [-0.1, -0.05) is 0 Å². The third-order valence-corrected chi connectivity index (χ3v) is 6.07. The number of likely N-dealkylation sites (N-methyl/N-ethyl adjacent to an activating group) is 1. The molecular weight excluding hydrogens is 310 g/mol. The molecule has 3 aliphatic rings. The van der Waals surface area contributed by atoms with Crippen molar-refractivity contribution in [3.05, 3.63) is 0 Å². The average Bonchev–Trinajstić information content (AvgIpc) is 2.72. The van der Waals surface area contributed by atoms with Crippen molar-refractivity contribution < 1.29 is 19.4 Å². The predicted octanol–water partition coefficient (Wildman–Crippen LogP) is 0.249. The van der Waals surface area contributed by atoms with Gasteiger partial charge in [-0.3, -0.25) is 19.4 Å². The number of piperazine rings is 1. The molecule has 3 heterocycles. The number of carbonyl (C=O) groups is 2. The lowest BCUT2D eigenvalue weighted by Gasteiger charge is -2.51. The Morgan fingerprint density at radius 3 is 2.71 bits per heavy atom. The number of amides is 1. The van der Waals surface area contributed by atoms with Gasteiger partial charge in [-0.2, -0.15) is 0 Å². The standard InChI is InChI=1S/C17H29N3O4/c1-18-8-9-20(14-3-10-24-11-4-14)13-17(18)5-2-15(21)19(7-6-17)12-16(22)23/h14H,2-13H2,1H3,(H,22,23). The Hall–Kier alpha value is -1.18. The quantitative estimate of drug-likeness (QED) is 0.795. The fourth-order valence-corrected chi connectivity index (χ4v) is 4.42. The summed E-state index contributed by atoms with van der Waals surface area (Å²) in [6.45, 7) is 5.09. The van der Waals surface area contributed by atoms with Crippen LogP contribution >= 0.6 is 0 Å². The molecule has 136 valence electrons. The zero-order chi connectivity index (χ0) is 17.2. The maximum atomic E-state index is 12.3. The van der Waals surface area contributed by atoms with Gasteiger partial charge in [-0.15, -0.1) is 0 Å². The third-order valence-electron chi connectivity index (χ3n) is 6.07. The van der Waals surface area contributed by atoms with Crippen molar-refractivity contribution >= 4 is 11.9 Å². The molecule has 3 aliphatic heterocycles. The van der Waals surface area contributed by atoms with Gasteiger partial charge in [0.05, 0.1) is 0 Å². The van der Waals surface area contributed by atoms with E-state index in [1.54, 1.807) is 0 Å². The van der Waals surface area contributed by atoms with E-state index >= 15 is 0 Å². The summed E-state index contributed by atoms with van der Waals surface area (Å²) in [7, 11) is 2.15. The molecule has 7 nitrogen and oxygen atoms in total. The third kappa shape index (κ3) is 3.73. The summed E-state index contributed by atoms with van der Waals surface area (Å²) in [4.78, 5) is 29.8. The highest BCUT2D eigenvalue weighted by atomic mass is 16.5.